The Labute approximate surface area is 166 Å². The zero-order valence-corrected chi connectivity index (χ0v) is 16.7. The van der Waals surface area contributed by atoms with Crippen molar-refractivity contribution < 1.29 is 0 Å². The number of para-hydroxylation sites is 1. The second kappa shape index (κ2) is 6.63. The molecule has 4 nitrogen and oxygen atoms in total. The number of nitrogens with zero attached hydrogens (tertiary/aromatic N) is 2. The van der Waals surface area contributed by atoms with E-state index in [-0.39, 0.29) is 0 Å². The SMILES string of the molecule is Ic1c(CN2CCN(c3cccc4[nH]ccc34)CC2)[nH]c2ccccc12. The first-order valence-corrected chi connectivity index (χ1v) is 10.2. The average molecular weight is 456 g/mol. The first kappa shape index (κ1) is 16.2. The van der Waals surface area contributed by atoms with E-state index in [0.717, 1.165) is 32.7 Å². The number of fused-ring (bicyclic) bond motifs is 2. The van der Waals surface area contributed by atoms with E-state index in [1.165, 1.54) is 36.8 Å². The molecule has 0 spiro atoms. The summed E-state index contributed by atoms with van der Waals surface area (Å²) >= 11 is 2.48. The zero-order valence-electron chi connectivity index (χ0n) is 14.5. The first-order chi connectivity index (χ1) is 12.8. The fourth-order valence-corrected chi connectivity index (χ4v) is 4.76. The summed E-state index contributed by atoms with van der Waals surface area (Å²) in [5.74, 6) is 0. The number of hydrogen-bond donors (Lipinski definition) is 2. The second-order valence-corrected chi connectivity index (χ2v) is 8.02. The number of halogens is 1. The minimum Gasteiger partial charge on any atom is -0.368 e. The van der Waals surface area contributed by atoms with E-state index in [4.69, 9.17) is 0 Å². The van der Waals surface area contributed by atoms with Gasteiger partial charge in [-0.05, 0) is 46.9 Å². The van der Waals surface area contributed by atoms with Crippen molar-refractivity contribution in [1.82, 2.24) is 14.9 Å². The highest BCUT2D eigenvalue weighted by Gasteiger charge is 2.20. The molecule has 0 aliphatic carbocycles. The van der Waals surface area contributed by atoms with Crippen LogP contribution in [0.3, 0.4) is 0 Å². The van der Waals surface area contributed by atoms with Crippen LogP contribution in [-0.4, -0.2) is 41.0 Å². The van der Waals surface area contributed by atoms with E-state index in [0.29, 0.717) is 0 Å². The van der Waals surface area contributed by atoms with E-state index >= 15 is 0 Å². The largest absolute Gasteiger partial charge is 0.368 e. The van der Waals surface area contributed by atoms with Gasteiger partial charge < -0.3 is 14.9 Å². The average Bonchev–Trinajstić information content (AvgIpc) is 3.28. The Morgan fingerprint density at radius 2 is 1.65 bits per heavy atom. The summed E-state index contributed by atoms with van der Waals surface area (Å²) in [5.41, 5.74) is 5.15. The van der Waals surface area contributed by atoms with Crippen molar-refractivity contribution in [1.29, 1.82) is 0 Å². The van der Waals surface area contributed by atoms with Crippen LogP contribution in [0.1, 0.15) is 5.69 Å². The fourth-order valence-electron chi connectivity index (χ4n) is 3.99. The highest BCUT2D eigenvalue weighted by Crippen LogP contribution is 2.28. The maximum atomic E-state index is 3.61. The van der Waals surface area contributed by atoms with E-state index in [1.807, 2.05) is 6.20 Å². The highest BCUT2D eigenvalue weighted by molar-refractivity contribution is 14.1. The minimum absolute atomic E-state index is 0.995. The monoisotopic (exact) mass is 456 g/mol. The Hall–Kier alpha value is -1.99. The molecule has 0 amide bonds. The van der Waals surface area contributed by atoms with Crippen molar-refractivity contribution in [2.24, 2.45) is 0 Å². The molecule has 5 heteroatoms. The van der Waals surface area contributed by atoms with Gasteiger partial charge in [-0.2, -0.15) is 0 Å². The van der Waals surface area contributed by atoms with Gasteiger partial charge >= 0.3 is 0 Å². The lowest BCUT2D eigenvalue weighted by Gasteiger charge is -2.36. The van der Waals surface area contributed by atoms with Gasteiger partial charge in [0.1, 0.15) is 0 Å². The number of nitrogens with one attached hydrogen (secondary N) is 2. The summed E-state index contributed by atoms with van der Waals surface area (Å²) in [6, 6.07) is 17.3. The molecule has 2 aromatic heterocycles. The molecule has 3 heterocycles. The van der Waals surface area contributed by atoms with E-state index < -0.39 is 0 Å². The van der Waals surface area contributed by atoms with Crippen LogP contribution in [0.25, 0.3) is 21.8 Å². The molecule has 1 saturated heterocycles. The van der Waals surface area contributed by atoms with E-state index in [2.05, 4.69) is 90.9 Å². The summed E-state index contributed by atoms with van der Waals surface area (Å²) in [6.07, 6.45) is 2.03. The van der Waals surface area contributed by atoms with Gasteiger partial charge in [0.05, 0.1) is 0 Å². The van der Waals surface area contributed by atoms with Gasteiger partial charge in [0.15, 0.2) is 0 Å². The van der Waals surface area contributed by atoms with Crippen LogP contribution in [-0.2, 0) is 6.54 Å². The number of rotatable bonds is 3. The quantitative estimate of drug-likeness (QED) is 0.443. The number of H-pyrrole nitrogens is 2. The molecule has 5 rings (SSSR count). The summed E-state index contributed by atoms with van der Waals surface area (Å²) < 4.78 is 1.36. The van der Waals surface area contributed by atoms with E-state index in [9.17, 15) is 0 Å². The van der Waals surface area contributed by atoms with Gasteiger partial charge in [0.2, 0.25) is 0 Å². The summed E-state index contributed by atoms with van der Waals surface area (Å²) in [5, 5.41) is 2.66. The molecular formula is C21H21IN4. The number of benzene rings is 2. The molecule has 1 aliphatic heterocycles. The maximum Gasteiger partial charge on any atom is 0.0474 e. The number of hydrogen-bond acceptors (Lipinski definition) is 2. The molecule has 0 atom stereocenters. The van der Waals surface area contributed by atoms with Crippen molar-refractivity contribution in [2.75, 3.05) is 31.1 Å². The fraction of sp³-hybridized carbons (Fsp3) is 0.238. The number of aromatic nitrogens is 2. The topological polar surface area (TPSA) is 38.1 Å². The van der Waals surface area contributed by atoms with Gasteiger partial charge in [0, 0.05) is 75.7 Å². The molecule has 0 unspecified atom stereocenters. The standard InChI is InChI=1S/C21H21IN4/c22-21-16-4-1-2-5-18(16)24-19(21)14-25-10-12-26(13-11-25)20-7-3-6-17-15(20)8-9-23-17/h1-9,23-24H,10-14H2. The summed E-state index contributed by atoms with van der Waals surface area (Å²) in [4.78, 5) is 12.0. The smallest absolute Gasteiger partial charge is 0.0474 e. The van der Waals surface area contributed by atoms with Crippen LogP contribution >= 0.6 is 22.6 Å². The number of aromatic amines is 2. The van der Waals surface area contributed by atoms with Crippen molar-refractivity contribution >= 4 is 50.1 Å². The molecule has 1 fully saturated rings. The molecule has 1 aliphatic rings. The molecule has 26 heavy (non-hydrogen) atoms. The zero-order chi connectivity index (χ0) is 17.5. The molecule has 0 saturated carbocycles. The van der Waals surface area contributed by atoms with Gasteiger partial charge in [-0.1, -0.05) is 24.3 Å². The summed E-state index contributed by atoms with van der Waals surface area (Å²) in [6.45, 7) is 5.32. The lowest BCUT2D eigenvalue weighted by atomic mass is 10.1. The molecule has 4 aromatic rings. The maximum absolute atomic E-state index is 3.61. The lowest BCUT2D eigenvalue weighted by Crippen LogP contribution is -2.46. The molecule has 132 valence electrons. The second-order valence-electron chi connectivity index (χ2n) is 6.94. The Morgan fingerprint density at radius 1 is 0.846 bits per heavy atom. The van der Waals surface area contributed by atoms with Crippen LogP contribution in [0.2, 0.25) is 0 Å². The minimum atomic E-state index is 0.995. The molecule has 0 radical (unpaired) electrons. The molecular weight excluding hydrogens is 435 g/mol. The Morgan fingerprint density at radius 3 is 2.50 bits per heavy atom. The molecule has 2 aromatic carbocycles. The van der Waals surface area contributed by atoms with Crippen molar-refractivity contribution in [2.45, 2.75) is 6.54 Å². The van der Waals surface area contributed by atoms with Crippen LogP contribution in [0.4, 0.5) is 5.69 Å². The third-order valence-electron chi connectivity index (χ3n) is 5.38. The predicted octanol–water partition coefficient (Wildman–Crippen LogP) is 4.58. The number of anilines is 1. The Kier molecular flexibility index (Phi) is 4.13. The third kappa shape index (κ3) is 2.79. The van der Waals surface area contributed by atoms with Gasteiger partial charge in [-0.15, -0.1) is 0 Å². The molecule has 0 bridgehead atoms. The van der Waals surface area contributed by atoms with Crippen molar-refractivity contribution in [3.63, 3.8) is 0 Å². The van der Waals surface area contributed by atoms with Crippen LogP contribution in [0.15, 0.2) is 54.7 Å². The van der Waals surface area contributed by atoms with Gasteiger partial charge in [-0.25, -0.2) is 0 Å². The Balaban J connectivity index is 1.31. The third-order valence-corrected chi connectivity index (χ3v) is 6.61. The summed E-state index contributed by atoms with van der Waals surface area (Å²) in [7, 11) is 0. The Bertz CT molecular complexity index is 1060. The van der Waals surface area contributed by atoms with Crippen molar-refractivity contribution in [3.8, 4) is 0 Å². The van der Waals surface area contributed by atoms with Crippen LogP contribution in [0, 0.1) is 3.57 Å². The van der Waals surface area contributed by atoms with Crippen molar-refractivity contribution in [3.05, 3.63) is 64.0 Å². The van der Waals surface area contributed by atoms with Gasteiger partial charge in [-0.3, -0.25) is 4.90 Å². The number of piperazine rings is 1. The molecule has 2 N–H and O–H groups in total. The lowest BCUT2D eigenvalue weighted by molar-refractivity contribution is 0.247. The van der Waals surface area contributed by atoms with Crippen LogP contribution < -0.4 is 4.90 Å². The highest BCUT2D eigenvalue weighted by atomic mass is 127. The normalized spacial score (nSPS) is 16.0. The van der Waals surface area contributed by atoms with Crippen LogP contribution in [0.5, 0.6) is 0 Å². The predicted molar refractivity (Wildman–Crippen MR) is 117 cm³/mol. The first-order valence-electron chi connectivity index (χ1n) is 9.08. The van der Waals surface area contributed by atoms with Gasteiger partial charge in [0.25, 0.3) is 0 Å². The van der Waals surface area contributed by atoms with E-state index in [1.54, 1.807) is 0 Å².